The van der Waals surface area contributed by atoms with Gasteiger partial charge in [-0.3, -0.25) is 25.0 Å². The van der Waals surface area contributed by atoms with Crippen LogP contribution in [0.4, 0.5) is 5.69 Å². The molecule has 31 heavy (non-hydrogen) atoms. The fourth-order valence-corrected chi connectivity index (χ4v) is 3.18. The lowest BCUT2D eigenvalue weighted by atomic mass is 10.2. The maximum Gasteiger partial charge on any atom is 0.288 e. The lowest BCUT2D eigenvalue weighted by Crippen LogP contribution is -2.55. The number of aliphatic imine (C=N–C) groups is 1. The summed E-state index contributed by atoms with van der Waals surface area (Å²) in [7, 11) is 0. The van der Waals surface area contributed by atoms with Crippen LogP contribution >= 0.6 is 0 Å². The van der Waals surface area contributed by atoms with Gasteiger partial charge >= 0.3 is 0 Å². The molecule has 0 radical (unpaired) electrons. The Bertz CT molecular complexity index is 1120. The fourth-order valence-electron chi connectivity index (χ4n) is 3.18. The number of aryl methyl sites for hydroxylation is 1. The Labute approximate surface area is 179 Å². The molecule has 1 aliphatic rings. The Morgan fingerprint density at radius 2 is 1.97 bits per heavy atom. The largest absolute Gasteiger partial charge is 0.491 e. The van der Waals surface area contributed by atoms with Gasteiger partial charge in [0.2, 0.25) is 5.84 Å². The van der Waals surface area contributed by atoms with Gasteiger partial charge in [0.15, 0.2) is 0 Å². The van der Waals surface area contributed by atoms with E-state index in [1.165, 1.54) is 5.01 Å². The lowest BCUT2D eigenvalue weighted by molar-refractivity contribution is -0.118. The van der Waals surface area contributed by atoms with Crippen molar-refractivity contribution >= 4 is 34.2 Å². The van der Waals surface area contributed by atoms with Crippen molar-refractivity contribution in [3.63, 3.8) is 0 Å². The molecule has 1 aromatic heterocycles. The number of hydrazine groups is 1. The number of anilines is 1. The molecule has 2 heterocycles. The van der Waals surface area contributed by atoms with Gasteiger partial charge in [0.05, 0.1) is 12.3 Å². The normalized spacial score (nSPS) is 13.5. The van der Waals surface area contributed by atoms with Crippen LogP contribution in [0.5, 0.6) is 5.75 Å². The summed E-state index contributed by atoms with van der Waals surface area (Å²) >= 11 is 0. The number of rotatable bonds is 7. The molecule has 0 unspecified atom stereocenters. The van der Waals surface area contributed by atoms with Gasteiger partial charge in [-0.05, 0) is 37.6 Å². The molecule has 0 atom stereocenters. The summed E-state index contributed by atoms with van der Waals surface area (Å²) in [6, 6.07) is 17.1. The molecule has 4 rings (SSSR count). The van der Waals surface area contributed by atoms with E-state index in [0.29, 0.717) is 25.3 Å². The van der Waals surface area contributed by atoms with Gasteiger partial charge in [-0.15, -0.1) is 0 Å². The lowest BCUT2D eigenvalue weighted by Gasteiger charge is -2.27. The van der Waals surface area contributed by atoms with E-state index < -0.39 is 0 Å². The van der Waals surface area contributed by atoms with E-state index in [9.17, 15) is 9.59 Å². The van der Waals surface area contributed by atoms with E-state index in [1.54, 1.807) is 6.20 Å². The second-order valence-electron chi connectivity index (χ2n) is 7.13. The van der Waals surface area contributed by atoms with Gasteiger partial charge in [0.25, 0.3) is 11.8 Å². The maximum absolute atomic E-state index is 12.5. The van der Waals surface area contributed by atoms with Crippen molar-refractivity contribution in [1.29, 1.82) is 0 Å². The third-order valence-corrected chi connectivity index (χ3v) is 4.81. The first-order chi connectivity index (χ1) is 15.1. The third kappa shape index (κ3) is 4.80. The zero-order valence-corrected chi connectivity index (χ0v) is 17.2. The van der Waals surface area contributed by atoms with Crippen LogP contribution in [0.15, 0.2) is 65.8 Å². The Balaban J connectivity index is 1.27. The van der Waals surface area contributed by atoms with Crippen molar-refractivity contribution in [1.82, 2.24) is 15.7 Å². The predicted molar refractivity (Wildman–Crippen MR) is 119 cm³/mol. The van der Waals surface area contributed by atoms with Crippen LogP contribution in [0.3, 0.4) is 0 Å². The SMILES string of the molecule is Cc1ccc(N2NC(C(=O)NCCCOc3cccc4cccnc34)=NCC2=O)cc1. The van der Waals surface area contributed by atoms with Crippen molar-refractivity contribution in [2.24, 2.45) is 4.99 Å². The number of carbonyl (C=O) groups excluding carboxylic acids is 2. The molecule has 2 aromatic carbocycles. The maximum atomic E-state index is 12.5. The van der Waals surface area contributed by atoms with E-state index in [0.717, 1.165) is 22.2 Å². The quantitative estimate of drug-likeness (QED) is 0.576. The molecular weight excluding hydrogens is 394 g/mol. The minimum absolute atomic E-state index is 0.0825. The number of nitrogens with one attached hydrogen (secondary N) is 2. The minimum Gasteiger partial charge on any atom is -0.491 e. The first-order valence-electron chi connectivity index (χ1n) is 10.1. The Morgan fingerprint density at radius 1 is 1.16 bits per heavy atom. The van der Waals surface area contributed by atoms with Gasteiger partial charge in [-0.2, -0.15) is 0 Å². The molecule has 0 saturated heterocycles. The average Bonchev–Trinajstić information content (AvgIpc) is 2.80. The molecule has 0 spiro atoms. The van der Waals surface area contributed by atoms with Crippen LogP contribution in [-0.2, 0) is 9.59 Å². The molecule has 0 aliphatic carbocycles. The standard InChI is InChI=1S/C23H23N5O3/c1-16-8-10-18(11-9-16)28-20(29)15-26-22(27-28)23(30)25-13-4-14-31-19-7-2-5-17-6-3-12-24-21(17)19/h2-3,5-12H,4,13-15H2,1H3,(H,25,30)(H,26,27). The monoisotopic (exact) mass is 417 g/mol. The van der Waals surface area contributed by atoms with Crippen molar-refractivity contribution in [2.45, 2.75) is 13.3 Å². The highest BCUT2D eigenvalue weighted by atomic mass is 16.5. The third-order valence-electron chi connectivity index (χ3n) is 4.81. The first kappa shape index (κ1) is 20.3. The Morgan fingerprint density at radius 3 is 2.81 bits per heavy atom. The highest BCUT2D eigenvalue weighted by molar-refractivity contribution is 6.39. The van der Waals surface area contributed by atoms with Crippen molar-refractivity contribution in [2.75, 3.05) is 24.7 Å². The highest BCUT2D eigenvalue weighted by Crippen LogP contribution is 2.22. The van der Waals surface area contributed by atoms with Crippen LogP contribution in [0.25, 0.3) is 10.9 Å². The predicted octanol–water partition coefficient (Wildman–Crippen LogP) is 2.38. The van der Waals surface area contributed by atoms with Gasteiger partial charge in [0, 0.05) is 18.1 Å². The van der Waals surface area contributed by atoms with Crippen LogP contribution in [0, 0.1) is 6.92 Å². The number of pyridine rings is 1. The molecule has 0 bridgehead atoms. The summed E-state index contributed by atoms with van der Waals surface area (Å²) in [6.45, 7) is 2.73. The molecule has 3 aromatic rings. The molecule has 1 aliphatic heterocycles. The number of benzene rings is 2. The number of ether oxygens (including phenoxy) is 1. The molecular formula is C23H23N5O3. The van der Waals surface area contributed by atoms with Crippen molar-refractivity contribution in [3.8, 4) is 5.75 Å². The number of para-hydroxylation sites is 1. The molecule has 8 heteroatoms. The smallest absolute Gasteiger partial charge is 0.288 e. The summed E-state index contributed by atoms with van der Waals surface area (Å²) in [5, 5.41) is 5.17. The summed E-state index contributed by atoms with van der Waals surface area (Å²) in [5.41, 5.74) is 5.37. The number of amides is 2. The number of aromatic nitrogens is 1. The molecule has 158 valence electrons. The van der Waals surface area contributed by atoms with E-state index >= 15 is 0 Å². The van der Waals surface area contributed by atoms with E-state index in [-0.39, 0.29) is 24.2 Å². The van der Waals surface area contributed by atoms with Gasteiger partial charge in [0.1, 0.15) is 17.8 Å². The Kier molecular flexibility index (Phi) is 6.07. The Hall–Kier alpha value is -3.94. The molecule has 0 fully saturated rings. The number of nitrogens with zero attached hydrogens (tertiary/aromatic N) is 3. The number of carbonyl (C=O) groups is 2. The van der Waals surface area contributed by atoms with Gasteiger partial charge in [-0.1, -0.05) is 35.9 Å². The van der Waals surface area contributed by atoms with E-state index in [2.05, 4.69) is 20.7 Å². The van der Waals surface area contributed by atoms with Crippen LogP contribution in [0.2, 0.25) is 0 Å². The second-order valence-corrected chi connectivity index (χ2v) is 7.13. The topological polar surface area (TPSA) is 95.9 Å². The van der Waals surface area contributed by atoms with Gasteiger partial charge in [-0.25, -0.2) is 5.01 Å². The number of hydrogen-bond acceptors (Lipinski definition) is 6. The summed E-state index contributed by atoms with van der Waals surface area (Å²) in [4.78, 5) is 33.0. The van der Waals surface area contributed by atoms with Crippen molar-refractivity contribution < 1.29 is 14.3 Å². The molecule has 8 nitrogen and oxygen atoms in total. The molecule has 0 saturated carbocycles. The van der Waals surface area contributed by atoms with E-state index in [4.69, 9.17) is 4.74 Å². The van der Waals surface area contributed by atoms with Crippen LogP contribution in [-0.4, -0.2) is 42.3 Å². The zero-order valence-electron chi connectivity index (χ0n) is 17.2. The summed E-state index contributed by atoms with van der Waals surface area (Å²) in [5.74, 6) is 0.239. The number of hydrogen-bond donors (Lipinski definition) is 2. The molecule has 2 amide bonds. The van der Waals surface area contributed by atoms with Gasteiger partial charge < -0.3 is 10.1 Å². The summed E-state index contributed by atoms with van der Waals surface area (Å²) in [6.07, 6.45) is 2.35. The van der Waals surface area contributed by atoms with Crippen molar-refractivity contribution in [3.05, 3.63) is 66.4 Å². The summed E-state index contributed by atoms with van der Waals surface area (Å²) < 4.78 is 5.83. The second kappa shape index (κ2) is 9.25. The average molecular weight is 417 g/mol. The number of amidine groups is 1. The number of fused-ring (bicyclic) bond motifs is 1. The zero-order chi connectivity index (χ0) is 21.6. The van der Waals surface area contributed by atoms with Crippen LogP contribution in [0.1, 0.15) is 12.0 Å². The van der Waals surface area contributed by atoms with Crippen LogP contribution < -0.4 is 20.5 Å². The fraction of sp³-hybridized carbons (Fsp3) is 0.217. The van der Waals surface area contributed by atoms with E-state index in [1.807, 2.05) is 61.5 Å². The highest BCUT2D eigenvalue weighted by Gasteiger charge is 2.25. The first-order valence-corrected chi connectivity index (χ1v) is 10.1. The minimum atomic E-state index is -0.364. The molecule has 2 N–H and O–H groups in total.